The fourth-order valence-electron chi connectivity index (χ4n) is 1.81. The number of anilines is 1. The van der Waals surface area contributed by atoms with Crippen LogP contribution in [0.1, 0.15) is 0 Å². The minimum absolute atomic E-state index is 0.149. The van der Waals surface area contributed by atoms with Crippen LogP contribution in [0.4, 0.5) is 18.9 Å². The fraction of sp³-hybridized carbons (Fsp3) is 0.0833. The Morgan fingerprint density at radius 1 is 1.17 bits per heavy atom. The van der Waals surface area contributed by atoms with Gasteiger partial charge in [-0.25, -0.2) is 8.78 Å². The molecule has 8 nitrogen and oxygen atoms in total. The molecule has 24 heavy (non-hydrogen) atoms. The summed E-state index contributed by atoms with van der Waals surface area (Å²) in [6.07, 6.45) is -1.17. The molecule has 0 bridgehead atoms. The van der Waals surface area contributed by atoms with E-state index in [9.17, 15) is 21.6 Å². The Bertz CT molecular complexity index is 1020. The highest BCUT2D eigenvalue weighted by Crippen LogP contribution is 2.22. The summed E-state index contributed by atoms with van der Waals surface area (Å²) < 4.78 is 72.1. The molecule has 1 aromatic carbocycles. The quantitative estimate of drug-likeness (QED) is 0.706. The normalized spacial score (nSPS) is 11.7. The molecule has 0 saturated carbocycles. The van der Waals surface area contributed by atoms with Gasteiger partial charge < -0.3 is 4.74 Å². The van der Waals surface area contributed by atoms with E-state index < -0.39 is 38.6 Å². The number of fused-ring (bicyclic) bond motifs is 1. The summed E-state index contributed by atoms with van der Waals surface area (Å²) in [5.74, 6) is -2.40. The van der Waals surface area contributed by atoms with Gasteiger partial charge in [0, 0.05) is 6.07 Å². The smallest absolute Gasteiger partial charge is 0.315 e. The zero-order valence-electron chi connectivity index (χ0n) is 11.9. The van der Waals surface area contributed by atoms with Gasteiger partial charge in [-0.1, -0.05) is 6.07 Å². The second-order valence-electron chi connectivity index (χ2n) is 4.43. The van der Waals surface area contributed by atoms with Gasteiger partial charge in [0.15, 0.2) is 5.65 Å². The molecule has 1 N–H and O–H groups in total. The van der Waals surface area contributed by atoms with E-state index in [1.165, 1.54) is 7.11 Å². The first kappa shape index (κ1) is 16.0. The molecule has 0 aliphatic heterocycles. The number of hydrogen-bond donors (Lipinski definition) is 1. The van der Waals surface area contributed by atoms with Crippen LogP contribution in [0.2, 0.25) is 0 Å². The van der Waals surface area contributed by atoms with E-state index in [4.69, 9.17) is 4.74 Å². The Kier molecular flexibility index (Phi) is 3.75. The first-order chi connectivity index (χ1) is 11.3. The minimum atomic E-state index is -4.56. The third-order valence-electron chi connectivity index (χ3n) is 2.89. The molecule has 0 aliphatic carbocycles. The minimum Gasteiger partial charge on any atom is -0.481 e. The molecule has 0 amide bonds. The number of sulfonamides is 1. The van der Waals surface area contributed by atoms with E-state index in [-0.39, 0.29) is 11.5 Å². The molecule has 0 radical (unpaired) electrons. The fourth-order valence-corrected chi connectivity index (χ4v) is 2.77. The zero-order chi connectivity index (χ0) is 17.5. The number of halogens is 3. The number of nitrogens with one attached hydrogen (secondary N) is 1. The van der Waals surface area contributed by atoms with Crippen molar-refractivity contribution in [2.75, 3.05) is 11.8 Å². The van der Waals surface area contributed by atoms with E-state index in [0.29, 0.717) is 4.52 Å². The number of aromatic nitrogens is 4. The molecule has 0 spiro atoms. The van der Waals surface area contributed by atoms with Crippen molar-refractivity contribution >= 4 is 21.4 Å². The third-order valence-corrected chi connectivity index (χ3v) is 4.02. The number of hydrogen-bond acceptors (Lipinski definition) is 6. The lowest BCUT2D eigenvalue weighted by Gasteiger charge is -2.06. The van der Waals surface area contributed by atoms with Crippen molar-refractivity contribution < 1.29 is 26.3 Å². The summed E-state index contributed by atoms with van der Waals surface area (Å²) in [5.41, 5.74) is -1.11. The van der Waals surface area contributed by atoms with Gasteiger partial charge in [-0.15, -0.1) is 5.10 Å². The van der Waals surface area contributed by atoms with Crippen molar-refractivity contribution in [2.45, 2.75) is 5.16 Å². The summed E-state index contributed by atoms with van der Waals surface area (Å²) >= 11 is 0. The highest BCUT2D eigenvalue weighted by Gasteiger charge is 2.25. The van der Waals surface area contributed by atoms with Crippen molar-refractivity contribution in [1.29, 1.82) is 0 Å². The first-order valence-corrected chi connectivity index (χ1v) is 7.74. The van der Waals surface area contributed by atoms with Crippen LogP contribution in [-0.2, 0) is 10.0 Å². The highest BCUT2D eigenvalue weighted by atomic mass is 32.2. The molecular formula is C12H8F3N5O3S. The lowest BCUT2D eigenvalue weighted by Crippen LogP contribution is -2.17. The lowest BCUT2D eigenvalue weighted by atomic mass is 10.3. The average Bonchev–Trinajstić information content (AvgIpc) is 2.96. The predicted octanol–water partition coefficient (Wildman–Crippen LogP) is 1.35. The van der Waals surface area contributed by atoms with Crippen molar-refractivity contribution in [3.8, 4) is 5.88 Å². The number of benzene rings is 1. The van der Waals surface area contributed by atoms with Crippen molar-refractivity contribution in [3.63, 3.8) is 0 Å². The Labute approximate surface area is 133 Å². The summed E-state index contributed by atoms with van der Waals surface area (Å²) in [7, 11) is -3.33. The summed E-state index contributed by atoms with van der Waals surface area (Å²) in [5, 5.41) is 2.54. The number of para-hydroxylation sites is 1. The molecule has 2 aromatic heterocycles. The Morgan fingerprint density at radius 3 is 2.46 bits per heavy atom. The SMILES string of the molecule is COc1cc2nc(S(=O)(=O)Nc3c(F)cccc3F)nn2c(F)n1. The van der Waals surface area contributed by atoms with Crippen molar-refractivity contribution in [1.82, 2.24) is 19.6 Å². The van der Waals surface area contributed by atoms with Gasteiger partial charge in [-0.2, -0.15) is 27.3 Å². The lowest BCUT2D eigenvalue weighted by molar-refractivity contribution is 0.378. The van der Waals surface area contributed by atoms with Crippen molar-refractivity contribution in [3.05, 3.63) is 42.0 Å². The van der Waals surface area contributed by atoms with Crippen LogP contribution in [0.5, 0.6) is 5.88 Å². The molecule has 0 unspecified atom stereocenters. The molecule has 0 aliphatic rings. The van der Waals surface area contributed by atoms with Gasteiger partial charge in [0.05, 0.1) is 7.11 Å². The van der Waals surface area contributed by atoms with Gasteiger partial charge in [-0.05, 0) is 12.1 Å². The van der Waals surface area contributed by atoms with Crippen LogP contribution >= 0.6 is 0 Å². The topological polar surface area (TPSA) is 98.5 Å². The number of methoxy groups -OCH3 is 1. The van der Waals surface area contributed by atoms with Crippen LogP contribution in [0.3, 0.4) is 0 Å². The van der Waals surface area contributed by atoms with Gasteiger partial charge in [-0.3, -0.25) is 4.72 Å². The second-order valence-corrected chi connectivity index (χ2v) is 6.01. The maximum absolute atomic E-state index is 13.7. The van der Waals surface area contributed by atoms with Gasteiger partial charge in [0.25, 0.3) is 15.2 Å². The monoisotopic (exact) mass is 359 g/mol. The molecule has 0 atom stereocenters. The van der Waals surface area contributed by atoms with E-state index >= 15 is 0 Å². The predicted molar refractivity (Wildman–Crippen MR) is 74.5 cm³/mol. The second kappa shape index (κ2) is 5.63. The number of nitrogens with zero attached hydrogens (tertiary/aromatic N) is 4. The summed E-state index contributed by atoms with van der Waals surface area (Å²) in [6.45, 7) is 0. The molecule has 12 heteroatoms. The molecule has 3 rings (SSSR count). The molecule has 3 aromatic rings. The molecule has 126 valence electrons. The Morgan fingerprint density at radius 2 is 1.83 bits per heavy atom. The standard InChI is InChI=1S/C12H8F3N5O3S/c1-23-9-5-8-16-12(18-20(8)11(15)17-9)24(21,22)19-10-6(13)3-2-4-7(10)14/h2-5,19H,1H3. The van der Waals surface area contributed by atoms with Gasteiger partial charge >= 0.3 is 6.08 Å². The Hall–Kier alpha value is -2.89. The van der Waals surface area contributed by atoms with Gasteiger partial charge in [0.1, 0.15) is 17.3 Å². The van der Waals surface area contributed by atoms with Crippen LogP contribution < -0.4 is 9.46 Å². The average molecular weight is 359 g/mol. The van der Waals surface area contributed by atoms with E-state index in [1.807, 2.05) is 0 Å². The zero-order valence-corrected chi connectivity index (χ0v) is 12.7. The summed E-state index contributed by atoms with van der Waals surface area (Å²) in [4.78, 5) is 6.97. The van der Waals surface area contributed by atoms with Crippen LogP contribution in [0.15, 0.2) is 29.4 Å². The molecule has 0 saturated heterocycles. The van der Waals surface area contributed by atoms with E-state index in [2.05, 4.69) is 15.1 Å². The molecule has 0 fully saturated rings. The maximum Gasteiger partial charge on any atom is 0.315 e. The number of rotatable bonds is 4. The summed E-state index contributed by atoms with van der Waals surface area (Å²) in [6, 6.07) is 3.94. The van der Waals surface area contributed by atoms with Crippen LogP contribution in [0.25, 0.3) is 5.65 Å². The largest absolute Gasteiger partial charge is 0.481 e. The van der Waals surface area contributed by atoms with Crippen LogP contribution in [0, 0.1) is 17.7 Å². The molecule has 2 heterocycles. The maximum atomic E-state index is 13.7. The van der Waals surface area contributed by atoms with Crippen LogP contribution in [-0.4, -0.2) is 35.1 Å². The van der Waals surface area contributed by atoms with E-state index in [1.54, 1.807) is 4.72 Å². The molecular weight excluding hydrogens is 351 g/mol. The Balaban J connectivity index is 2.07. The van der Waals surface area contributed by atoms with Gasteiger partial charge in [0.2, 0.25) is 5.88 Å². The third kappa shape index (κ3) is 2.71. The van der Waals surface area contributed by atoms with Crippen molar-refractivity contribution in [2.24, 2.45) is 0 Å². The highest BCUT2D eigenvalue weighted by molar-refractivity contribution is 7.92. The van der Waals surface area contributed by atoms with E-state index in [0.717, 1.165) is 24.3 Å². The number of ether oxygens (including phenoxy) is 1. The first-order valence-electron chi connectivity index (χ1n) is 6.26.